The Bertz CT molecular complexity index is 936. The van der Waals surface area contributed by atoms with Crippen LogP contribution in [-0.4, -0.2) is 27.1 Å². The summed E-state index contributed by atoms with van der Waals surface area (Å²) in [6.07, 6.45) is 4.63. The molecular weight excluding hydrogens is 360 g/mol. The SMILES string of the molecule is CCN(c1ccc(C(=O)N[C@H](C)c2ccc3c(c2)CCC3)cc1)S(C)(=O)=O. The summed E-state index contributed by atoms with van der Waals surface area (Å²) < 4.78 is 24.9. The Kier molecular flexibility index (Phi) is 5.56. The van der Waals surface area contributed by atoms with E-state index in [0.717, 1.165) is 18.4 Å². The van der Waals surface area contributed by atoms with E-state index in [9.17, 15) is 13.2 Å². The lowest BCUT2D eigenvalue weighted by Gasteiger charge is -2.21. The van der Waals surface area contributed by atoms with Gasteiger partial charge in [0.05, 0.1) is 18.0 Å². The van der Waals surface area contributed by atoms with Crippen LogP contribution in [0.15, 0.2) is 42.5 Å². The van der Waals surface area contributed by atoms with Crippen LogP contribution in [0, 0.1) is 0 Å². The number of sulfonamides is 1. The van der Waals surface area contributed by atoms with Gasteiger partial charge in [-0.3, -0.25) is 9.10 Å². The Hall–Kier alpha value is -2.34. The number of rotatable bonds is 6. The highest BCUT2D eigenvalue weighted by molar-refractivity contribution is 7.92. The summed E-state index contributed by atoms with van der Waals surface area (Å²) in [5.41, 5.74) is 4.98. The number of hydrogen-bond donors (Lipinski definition) is 1. The lowest BCUT2D eigenvalue weighted by Crippen LogP contribution is -2.29. The van der Waals surface area contributed by atoms with E-state index in [0.29, 0.717) is 17.8 Å². The molecule has 0 unspecified atom stereocenters. The fourth-order valence-corrected chi connectivity index (χ4v) is 4.59. The predicted octanol–water partition coefficient (Wildman–Crippen LogP) is 3.45. The second-order valence-electron chi connectivity index (χ2n) is 7.05. The maximum absolute atomic E-state index is 12.6. The number of anilines is 1. The molecule has 2 aromatic rings. The van der Waals surface area contributed by atoms with Gasteiger partial charge < -0.3 is 5.32 Å². The van der Waals surface area contributed by atoms with E-state index in [2.05, 4.69) is 23.5 Å². The van der Waals surface area contributed by atoms with E-state index >= 15 is 0 Å². The fourth-order valence-electron chi connectivity index (χ4n) is 3.61. The maximum Gasteiger partial charge on any atom is 0.251 e. The summed E-state index contributed by atoms with van der Waals surface area (Å²) >= 11 is 0. The molecule has 0 bridgehead atoms. The topological polar surface area (TPSA) is 66.5 Å². The van der Waals surface area contributed by atoms with Gasteiger partial charge in [-0.1, -0.05) is 18.2 Å². The third-order valence-electron chi connectivity index (χ3n) is 5.08. The molecule has 1 amide bonds. The lowest BCUT2D eigenvalue weighted by atomic mass is 10.0. The Morgan fingerprint density at radius 3 is 2.41 bits per heavy atom. The van der Waals surface area contributed by atoms with Crippen molar-refractivity contribution < 1.29 is 13.2 Å². The van der Waals surface area contributed by atoms with Gasteiger partial charge >= 0.3 is 0 Å². The van der Waals surface area contributed by atoms with Gasteiger partial charge in [0.15, 0.2) is 0 Å². The highest BCUT2D eigenvalue weighted by Crippen LogP contribution is 2.25. The zero-order valence-corrected chi connectivity index (χ0v) is 16.8. The number of carbonyl (C=O) groups excluding carboxylic acids is 1. The minimum atomic E-state index is -3.33. The molecule has 0 spiro atoms. The highest BCUT2D eigenvalue weighted by Gasteiger charge is 2.18. The highest BCUT2D eigenvalue weighted by atomic mass is 32.2. The van der Waals surface area contributed by atoms with Crippen molar-refractivity contribution in [1.82, 2.24) is 5.32 Å². The van der Waals surface area contributed by atoms with Crippen molar-refractivity contribution in [3.8, 4) is 0 Å². The minimum absolute atomic E-state index is 0.0914. The number of hydrogen-bond acceptors (Lipinski definition) is 3. The van der Waals surface area contributed by atoms with Crippen LogP contribution in [0.2, 0.25) is 0 Å². The van der Waals surface area contributed by atoms with E-state index in [1.165, 1.54) is 28.1 Å². The van der Waals surface area contributed by atoms with Crippen molar-refractivity contribution in [3.63, 3.8) is 0 Å². The normalized spacial score (nSPS) is 14.5. The first-order valence-corrected chi connectivity index (χ1v) is 11.1. The maximum atomic E-state index is 12.6. The van der Waals surface area contributed by atoms with Crippen LogP contribution >= 0.6 is 0 Å². The Morgan fingerprint density at radius 1 is 1.11 bits per heavy atom. The third-order valence-corrected chi connectivity index (χ3v) is 6.34. The number of aryl methyl sites for hydroxylation is 2. The van der Waals surface area contributed by atoms with Gasteiger partial charge in [0, 0.05) is 12.1 Å². The molecule has 0 aromatic heterocycles. The molecule has 27 heavy (non-hydrogen) atoms. The van der Waals surface area contributed by atoms with Crippen molar-refractivity contribution in [3.05, 3.63) is 64.7 Å². The molecule has 0 saturated carbocycles. The van der Waals surface area contributed by atoms with Gasteiger partial charge in [-0.25, -0.2) is 8.42 Å². The number of nitrogens with one attached hydrogen (secondary N) is 1. The first kappa shape index (κ1) is 19.4. The Labute approximate surface area is 161 Å². The van der Waals surface area contributed by atoms with Crippen LogP contribution in [0.1, 0.15) is 53.4 Å². The molecule has 5 nitrogen and oxygen atoms in total. The smallest absolute Gasteiger partial charge is 0.251 e. The van der Waals surface area contributed by atoms with Crippen LogP contribution in [0.4, 0.5) is 5.69 Å². The van der Waals surface area contributed by atoms with Crippen molar-refractivity contribution in [1.29, 1.82) is 0 Å². The molecule has 0 fully saturated rings. The van der Waals surface area contributed by atoms with Crippen LogP contribution < -0.4 is 9.62 Å². The first-order valence-electron chi connectivity index (χ1n) is 9.30. The van der Waals surface area contributed by atoms with Crippen molar-refractivity contribution in [2.45, 2.75) is 39.2 Å². The van der Waals surface area contributed by atoms with Crippen molar-refractivity contribution >= 4 is 21.6 Å². The molecule has 3 rings (SSSR count). The molecule has 6 heteroatoms. The molecule has 0 radical (unpaired) electrons. The van der Waals surface area contributed by atoms with E-state index in [4.69, 9.17) is 0 Å². The number of benzene rings is 2. The standard InChI is InChI=1S/C21H26N2O3S/c1-4-23(27(3,25)26)20-12-10-17(11-13-20)21(24)22-15(2)18-9-8-16-6-5-7-19(16)14-18/h8-15H,4-7H2,1-3H3,(H,22,24)/t15-/m1/s1. The number of fused-ring (bicyclic) bond motifs is 1. The Morgan fingerprint density at radius 2 is 1.78 bits per heavy atom. The van der Waals surface area contributed by atoms with Crippen LogP contribution in [0.25, 0.3) is 0 Å². The van der Waals surface area contributed by atoms with Gasteiger partial charge in [0.1, 0.15) is 0 Å². The van der Waals surface area contributed by atoms with Crippen LogP contribution in [0.3, 0.4) is 0 Å². The Balaban J connectivity index is 1.71. The summed E-state index contributed by atoms with van der Waals surface area (Å²) in [5, 5.41) is 3.03. The zero-order valence-electron chi connectivity index (χ0n) is 16.0. The minimum Gasteiger partial charge on any atom is -0.346 e. The van der Waals surface area contributed by atoms with Crippen LogP contribution in [-0.2, 0) is 22.9 Å². The second-order valence-corrected chi connectivity index (χ2v) is 8.96. The fraction of sp³-hybridized carbons (Fsp3) is 0.381. The van der Waals surface area contributed by atoms with E-state index in [1.807, 2.05) is 6.92 Å². The molecular formula is C21H26N2O3S. The molecule has 1 N–H and O–H groups in total. The summed E-state index contributed by atoms with van der Waals surface area (Å²) in [6.45, 7) is 4.10. The van der Waals surface area contributed by atoms with Crippen LogP contribution in [0.5, 0.6) is 0 Å². The first-order chi connectivity index (χ1) is 12.8. The van der Waals surface area contributed by atoms with Gasteiger partial charge in [-0.05, 0) is 74.1 Å². The average molecular weight is 387 g/mol. The van der Waals surface area contributed by atoms with Crippen molar-refractivity contribution in [2.24, 2.45) is 0 Å². The largest absolute Gasteiger partial charge is 0.346 e. The van der Waals surface area contributed by atoms with E-state index < -0.39 is 10.0 Å². The molecule has 1 aliphatic carbocycles. The number of nitrogens with zero attached hydrogens (tertiary/aromatic N) is 1. The number of carbonyl (C=O) groups is 1. The summed E-state index contributed by atoms with van der Waals surface area (Å²) in [5.74, 6) is -0.169. The lowest BCUT2D eigenvalue weighted by molar-refractivity contribution is 0.0940. The summed E-state index contributed by atoms with van der Waals surface area (Å²) in [4.78, 5) is 12.6. The predicted molar refractivity (Wildman–Crippen MR) is 109 cm³/mol. The second kappa shape index (κ2) is 7.72. The molecule has 1 atom stereocenters. The average Bonchev–Trinajstić information content (AvgIpc) is 3.09. The molecule has 2 aromatic carbocycles. The van der Waals surface area contributed by atoms with Crippen molar-refractivity contribution in [2.75, 3.05) is 17.1 Å². The third kappa shape index (κ3) is 4.33. The summed E-state index contributed by atoms with van der Waals surface area (Å²) in [7, 11) is -3.33. The van der Waals surface area contributed by atoms with Gasteiger partial charge in [-0.15, -0.1) is 0 Å². The molecule has 144 valence electrons. The van der Waals surface area contributed by atoms with Gasteiger partial charge in [-0.2, -0.15) is 0 Å². The van der Waals surface area contributed by atoms with E-state index in [-0.39, 0.29) is 11.9 Å². The zero-order chi connectivity index (χ0) is 19.6. The number of amides is 1. The molecule has 0 saturated heterocycles. The molecule has 0 aliphatic heterocycles. The molecule has 0 heterocycles. The monoisotopic (exact) mass is 386 g/mol. The molecule has 1 aliphatic rings. The summed E-state index contributed by atoms with van der Waals surface area (Å²) in [6, 6.07) is 13.0. The quantitative estimate of drug-likeness (QED) is 0.827. The van der Waals surface area contributed by atoms with E-state index in [1.54, 1.807) is 31.2 Å². The van der Waals surface area contributed by atoms with Gasteiger partial charge in [0.25, 0.3) is 5.91 Å². The van der Waals surface area contributed by atoms with Gasteiger partial charge in [0.2, 0.25) is 10.0 Å².